The summed E-state index contributed by atoms with van der Waals surface area (Å²) in [6, 6.07) is -0.0563. The smallest absolute Gasteiger partial charge is 0.155 e. The molecule has 0 N–H and O–H groups in total. The Morgan fingerprint density at radius 3 is 2.38 bits per heavy atom. The van der Waals surface area contributed by atoms with Gasteiger partial charge in [-0.25, -0.2) is 0 Å². The summed E-state index contributed by atoms with van der Waals surface area (Å²) in [5.41, 5.74) is -0.175. The zero-order valence-electron chi connectivity index (χ0n) is 11.4. The van der Waals surface area contributed by atoms with Gasteiger partial charge in [0, 0.05) is 12.5 Å². The fourth-order valence-corrected chi connectivity index (χ4v) is 2.23. The van der Waals surface area contributed by atoms with E-state index in [9.17, 15) is 4.79 Å². The molecule has 3 heteroatoms. The topological polar surface area (TPSA) is 29.5 Å². The fourth-order valence-electron chi connectivity index (χ4n) is 2.23. The zero-order chi connectivity index (χ0) is 12.5. The number of likely N-dealkylation sites (tertiary alicyclic amines) is 1. The van der Waals surface area contributed by atoms with Crippen LogP contribution in [-0.4, -0.2) is 42.0 Å². The molecule has 0 aliphatic carbocycles. The van der Waals surface area contributed by atoms with Crippen LogP contribution < -0.4 is 0 Å². The van der Waals surface area contributed by atoms with Gasteiger partial charge in [-0.2, -0.15) is 0 Å². The molecular weight excluding hydrogens is 202 g/mol. The monoisotopic (exact) mass is 227 g/mol. The molecule has 0 saturated carbocycles. The molecule has 0 aromatic rings. The lowest BCUT2D eigenvalue weighted by molar-refractivity contribution is -0.134. The Morgan fingerprint density at radius 1 is 1.38 bits per heavy atom. The van der Waals surface area contributed by atoms with Crippen LogP contribution in [0.1, 0.15) is 41.0 Å². The molecule has 2 unspecified atom stereocenters. The summed E-state index contributed by atoms with van der Waals surface area (Å²) in [7, 11) is 2.01. The Kier molecular flexibility index (Phi) is 4.13. The minimum Gasteiger partial charge on any atom is -0.370 e. The quantitative estimate of drug-likeness (QED) is 0.739. The number of nitrogens with zero attached hydrogens (tertiary/aromatic N) is 1. The molecule has 0 radical (unpaired) electrons. The van der Waals surface area contributed by atoms with Crippen molar-refractivity contribution in [1.82, 2.24) is 4.90 Å². The maximum Gasteiger partial charge on any atom is 0.155 e. The summed E-state index contributed by atoms with van der Waals surface area (Å²) in [5.74, 6) is 0.380. The van der Waals surface area contributed by atoms with Crippen LogP contribution in [0.15, 0.2) is 0 Å². The number of Topliss-reactive ketones (excluding diaryl/α,β-unsaturated/α-hetero) is 1. The van der Waals surface area contributed by atoms with Gasteiger partial charge in [-0.05, 0) is 34.2 Å². The minimum absolute atomic E-state index is 0.0555. The Labute approximate surface area is 99.1 Å². The molecule has 0 aromatic carbocycles. The number of likely N-dealkylation sites (N-methyl/N-ethyl adjacent to an activating group) is 1. The maximum absolute atomic E-state index is 12.1. The van der Waals surface area contributed by atoms with Gasteiger partial charge in [0.2, 0.25) is 0 Å². The maximum atomic E-state index is 12.1. The number of ether oxygens (including phenoxy) is 1. The molecule has 1 aliphatic rings. The summed E-state index contributed by atoms with van der Waals surface area (Å²) >= 11 is 0. The fraction of sp³-hybridized carbons (Fsp3) is 0.923. The number of carbonyl (C=O) groups is 1. The molecule has 1 heterocycles. The predicted molar refractivity (Wildman–Crippen MR) is 65.5 cm³/mol. The van der Waals surface area contributed by atoms with E-state index < -0.39 is 0 Å². The van der Waals surface area contributed by atoms with Gasteiger partial charge < -0.3 is 4.74 Å². The van der Waals surface area contributed by atoms with Gasteiger partial charge in [0.15, 0.2) is 5.78 Å². The standard InChI is InChI=1S/C13H25NO2/c1-9(2)12(15)11-10(7-8-14(11)6)16-13(3,4)5/h9-11H,7-8H2,1-6H3. The molecule has 94 valence electrons. The SMILES string of the molecule is CC(C)C(=O)C1C(OC(C)(C)C)CCN1C. The first-order valence-corrected chi connectivity index (χ1v) is 6.14. The number of hydrogen-bond donors (Lipinski definition) is 0. The van der Waals surface area contributed by atoms with Crippen LogP contribution in [0, 0.1) is 5.92 Å². The number of carbonyl (C=O) groups excluding carboxylic acids is 1. The molecule has 1 aliphatic heterocycles. The van der Waals surface area contributed by atoms with E-state index in [2.05, 4.69) is 4.90 Å². The van der Waals surface area contributed by atoms with Crippen LogP contribution >= 0.6 is 0 Å². The third-order valence-corrected chi connectivity index (χ3v) is 2.96. The molecule has 1 rings (SSSR count). The van der Waals surface area contributed by atoms with Crippen molar-refractivity contribution >= 4 is 5.78 Å². The van der Waals surface area contributed by atoms with E-state index in [1.807, 2.05) is 41.7 Å². The van der Waals surface area contributed by atoms with Crippen molar-refractivity contribution < 1.29 is 9.53 Å². The highest BCUT2D eigenvalue weighted by molar-refractivity contribution is 5.86. The van der Waals surface area contributed by atoms with E-state index in [-0.39, 0.29) is 23.7 Å². The van der Waals surface area contributed by atoms with Gasteiger partial charge in [0.1, 0.15) is 0 Å². The third kappa shape index (κ3) is 3.29. The average Bonchev–Trinajstić information content (AvgIpc) is 2.43. The number of hydrogen-bond acceptors (Lipinski definition) is 3. The van der Waals surface area contributed by atoms with E-state index in [1.165, 1.54) is 0 Å². The molecule has 16 heavy (non-hydrogen) atoms. The largest absolute Gasteiger partial charge is 0.370 e. The molecule has 1 fully saturated rings. The summed E-state index contributed by atoms with van der Waals surface area (Å²) in [5, 5.41) is 0. The summed E-state index contributed by atoms with van der Waals surface area (Å²) in [6.07, 6.45) is 1.01. The second-order valence-electron chi connectivity index (χ2n) is 6.04. The van der Waals surface area contributed by atoms with Crippen molar-refractivity contribution in [1.29, 1.82) is 0 Å². The molecule has 0 bridgehead atoms. The van der Waals surface area contributed by atoms with Gasteiger partial charge >= 0.3 is 0 Å². The second-order valence-corrected chi connectivity index (χ2v) is 6.04. The van der Waals surface area contributed by atoms with Crippen molar-refractivity contribution in [2.24, 2.45) is 5.92 Å². The van der Waals surface area contributed by atoms with Crippen LogP contribution in [0.5, 0.6) is 0 Å². The molecule has 0 amide bonds. The first-order valence-electron chi connectivity index (χ1n) is 6.14. The molecule has 3 nitrogen and oxygen atoms in total. The van der Waals surface area contributed by atoms with Crippen molar-refractivity contribution in [3.63, 3.8) is 0 Å². The van der Waals surface area contributed by atoms with E-state index >= 15 is 0 Å². The van der Waals surface area contributed by atoms with Gasteiger partial charge in [0.05, 0.1) is 17.7 Å². The molecular formula is C13H25NO2. The Balaban J connectivity index is 2.74. The van der Waals surface area contributed by atoms with Crippen molar-refractivity contribution in [2.75, 3.05) is 13.6 Å². The summed E-state index contributed by atoms with van der Waals surface area (Å²) in [6.45, 7) is 11.0. The molecule has 0 aromatic heterocycles. The highest BCUT2D eigenvalue weighted by Crippen LogP contribution is 2.26. The first-order chi connectivity index (χ1) is 7.22. The lowest BCUT2D eigenvalue weighted by atomic mass is 9.97. The summed E-state index contributed by atoms with van der Waals surface area (Å²) < 4.78 is 5.99. The van der Waals surface area contributed by atoms with Crippen molar-refractivity contribution in [3.05, 3.63) is 0 Å². The van der Waals surface area contributed by atoms with E-state index in [0.717, 1.165) is 13.0 Å². The average molecular weight is 227 g/mol. The molecule has 2 atom stereocenters. The normalized spacial score (nSPS) is 27.7. The first kappa shape index (κ1) is 13.7. The minimum atomic E-state index is -0.175. The van der Waals surface area contributed by atoms with Crippen molar-refractivity contribution in [2.45, 2.75) is 58.8 Å². The lowest BCUT2D eigenvalue weighted by Crippen LogP contribution is -2.45. The van der Waals surface area contributed by atoms with Gasteiger partial charge in [-0.15, -0.1) is 0 Å². The van der Waals surface area contributed by atoms with Crippen LogP contribution in [0.3, 0.4) is 0 Å². The third-order valence-electron chi connectivity index (χ3n) is 2.96. The van der Waals surface area contributed by atoms with Gasteiger partial charge in [0.25, 0.3) is 0 Å². The van der Waals surface area contributed by atoms with Crippen LogP contribution in [0.4, 0.5) is 0 Å². The van der Waals surface area contributed by atoms with Gasteiger partial charge in [-0.1, -0.05) is 13.8 Å². The molecule has 0 spiro atoms. The number of ketones is 1. The highest BCUT2D eigenvalue weighted by atomic mass is 16.5. The van der Waals surface area contributed by atoms with Crippen LogP contribution in [0.2, 0.25) is 0 Å². The Bertz CT molecular complexity index is 255. The predicted octanol–water partition coefficient (Wildman–Crippen LogP) is 2.10. The number of rotatable bonds is 3. The zero-order valence-corrected chi connectivity index (χ0v) is 11.4. The van der Waals surface area contributed by atoms with E-state index in [0.29, 0.717) is 5.78 Å². The second kappa shape index (κ2) is 4.84. The van der Waals surface area contributed by atoms with Crippen LogP contribution in [0.25, 0.3) is 0 Å². The summed E-state index contributed by atoms with van der Waals surface area (Å²) in [4.78, 5) is 14.3. The van der Waals surface area contributed by atoms with Crippen molar-refractivity contribution in [3.8, 4) is 0 Å². The van der Waals surface area contributed by atoms with E-state index in [4.69, 9.17) is 4.74 Å². The Hall–Kier alpha value is -0.410. The molecule has 1 saturated heterocycles. The lowest BCUT2D eigenvalue weighted by Gasteiger charge is -2.30. The highest BCUT2D eigenvalue weighted by Gasteiger charge is 2.40. The van der Waals surface area contributed by atoms with Crippen LogP contribution in [-0.2, 0) is 9.53 Å². The Morgan fingerprint density at radius 2 is 1.94 bits per heavy atom. The van der Waals surface area contributed by atoms with Gasteiger partial charge in [-0.3, -0.25) is 9.69 Å². The van der Waals surface area contributed by atoms with E-state index in [1.54, 1.807) is 0 Å².